The van der Waals surface area contributed by atoms with E-state index in [0.717, 1.165) is 5.56 Å². The van der Waals surface area contributed by atoms with Gasteiger partial charge in [0.1, 0.15) is 12.1 Å². The number of piperazine rings is 1. The Morgan fingerprint density at radius 1 is 1.15 bits per heavy atom. The highest BCUT2D eigenvalue weighted by Crippen LogP contribution is 2.18. The van der Waals surface area contributed by atoms with Crippen LogP contribution in [0.15, 0.2) is 18.2 Å². The van der Waals surface area contributed by atoms with Crippen LogP contribution in [0.1, 0.15) is 37.0 Å². The van der Waals surface area contributed by atoms with E-state index in [2.05, 4.69) is 23.5 Å². The molecular formula is C16H22N2O2. The lowest BCUT2D eigenvalue weighted by Crippen LogP contribution is -2.61. The maximum atomic E-state index is 12.3. The Hall–Kier alpha value is -1.84. The van der Waals surface area contributed by atoms with Gasteiger partial charge in [-0.25, -0.2) is 0 Å². The average molecular weight is 274 g/mol. The van der Waals surface area contributed by atoms with Gasteiger partial charge in [-0.2, -0.15) is 0 Å². The zero-order chi connectivity index (χ0) is 14.9. The van der Waals surface area contributed by atoms with E-state index in [9.17, 15) is 9.59 Å². The smallest absolute Gasteiger partial charge is 0.245 e. The molecule has 0 bridgehead atoms. The molecule has 2 atom stereocenters. The maximum Gasteiger partial charge on any atom is 0.245 e. The van der Waals surface area contributed by atoms with Crippen molar-refractivity contribution in [2.45, 2.75) is 52.7 Å². The van der Waals surface area contributed by atoms with E-state index in [1.807, 2.05) is 20.8 Å². The molecule has 20 heavy (non-hydrogen) atoms. The summed E-state index contributed by atoms with van der Waals surface area (Å²) >= 11 is 0. The topological polar surface area (TPSA) is 49.4 Å². The summed E-state index contributed by atoms with van der Waals surface area (Å²) in [6.07, 6.45) is 0.634. The highest BCUT2D eigenvalue weighted by atomic mass is 16.2. The van der Waals surface area contributed by atoms with Crippen molar-refractivity contribution in [3.63, 3.8) is 0 Å². The van der Waals surface area contributed by atoms with Crippen LogP contribution in [0.3, 0.4) is 0 Å². The van der Waals surface area contributed by atoms with Crippen LogP contribution >= 0.6 is 0 Å². The fraction of sp³-hybridized carbons (Fsp3) is 0.500. The summed E-state index contributed by atoms with van der Waals surface area (Å²) in [6.45, 7) is 8.25. The SMILES string of the molecule is CCC1C(=O)NC(C)C(=O)N1Cc1cc(C)cc(C)c1. The summed E-state index contributed by atoms with van der Waals surface area (Å²) in [4.78, 5) is 26.0. The molecule has 1 aliphatic heterocycles. The summed E-state index contributed by atoms with van der Waals surface area (Å²) in [5.74, 6) is -0.0559. The first-order valence-electron chi connectivity index (χ1n) is 7.10. The quantitative estimate of drug-likeness (QED) is 0.915. The largest absolute Gasteiger partial charge is 0.343 e. The monoisotopic (exact) mass is 274 g/mol. The molecule has 0 aromatic heterocycles. The molecule has 1 heterocycles. The van der Waals surface area contributed by atoms with E-state index in [-0.39, 0.29) is 17.9 Å². The Balaban J connectivity index is 2.28. The fourth-order valence-corrected chi connectivity index (χ4v) is 2.87. The maximum absolute atomic E-state index is 12.3. The number of carbonyl (C=O) groups excluding carboxylic acids is 2. The molecule has 4 nitrogen and oxygen atoms in total. The third-order valence-electron chi connectivity index (χ3n) is 3.71. The number of hydrogen-bond acceptors (Lipinski definition) is 2. The van der Waals surface area contributed by atoms with Crippen LogP contribution < -0.4 is 5.32 Å². The van der Waals surface area contributed by atoms with Gasteiger partial charge in [-0.05, 0) is 32.8 Å². The molecule has 1 saturated heterocycles. The molecule has 0 radical (unpaired) electrons. The summed E-state index contributed by atoms with van der Waals surface area (Å²) in [5, 5.41) is 2.74. The minimum absolute atomic E-state index is 0.00407. The second-order valence-corrected chi connectivity index (χ2v) is 5.62. The van der Waals surface area contributed by atoms with E-state index < -0.39 is 6.04 Å². The van der Waals surface area contributed by atoms with Gasteiger partial charge in [0.15, 0.2) is 0 Å². The van der Waals surface area contributed by atoms with Gasteiger partial charge < -0.3 is 10.2 Å². The molecule has 4 heteroatoms. The molecule has 1 aromatic carbocycles. The number of hydrogen-bond donors (Lipinski definition) is 1. The van der Waals surface area contributed by atoms with Crippen LogP contribution in [0.5, 0.6) is 0 Å². The van der Waals surface area contributed by atoms with Gasteiger partial charge >= 0.3 is 0 Å². The third-order valence-corrected chi connectivity index (χ3v) is 3.71. The van der Waals surface area contributed by atoms with Crippen molar-refractivity contribution in [2.24, 2.45) is 0 Å². The first kappa shape index (κ1) is 14.6. The summed E-state index contributed by atoms with van der Waals surface area (Å²) in [7, 11) is 0. The molecule has 0 saturated carbocycles. The zero-order valence-corrected chi connectivity index (χ0v) is 12.6. The van der Waals surface area contributed by atoms with Gasteiger partial charge in [-0.3, -0.25) is 9.59 Å². The zero-order valence-electron chi connectivity index (χ0n) is 12.6. The molecular weight excluding hydrogens is 252 g/mol. The Labute approximate surface area is 120 Å². The summed E-state index contributed by atoms with van der Waals surface area (Å²) in [6, 6.07) is 5.46. The van der Waals surface area contributed by atoms with Gasteiger partial charge in [-0.1, -0.05) is 36.2 Å². The lowest BCUT2D eigenvalue weighted by atomic mass is 10.0. The Morgan fingerprint density at radius 3 is 2.30 bits per heavy atom. The lowest BCUT2D eigenvalue weighted by Gasteiger charge is -2.37. The molecule has 1 aliphatic rings. The predicted octanol–water partition coefficient (Wildman–Crippen LogP) is 1.93. The standard InChI is InChI=1S/C16H22N2O2/c1-5-14-15(19)17-12(4)16(20)18(14)9-13-7-10(2)6-11(3)8-13/h6-8,12,14H,5,9H2,1-4H3,(H,17,19). The van der Waals surface area contributed by atoms with Crippen molar-refractivity contribution >= 4 is 11.8 Å². The van der Waals surface area contributed by atoms with Crippen molar-refractivity contribution in [1.29, 1.82) is 0 Å². The van der Waals surface area contributed by atoms with Crippen LogP contribution in [0.2, 0.25) is 0 Å². The van der Waals surface area contributed by atoms with Crippen molar-refractivity contribution in [2.75, 3.05) is 0 Å². The average Bonchev–Trinajstić information content (AvgIpc) is 2.34. The van der Waals surface area contributed by atoms with E-state index in [4.69, 9.17) is 0 Å². The second kappa shape index (κ2) is 5.65. The highest BCUT2D eigenvalue weighted by Gasteiger charge is 2.37. The lowest BCUT2D eigenvalue weighted by molar-refractivity contribution is -0.149. The predicted molar refractivity (Wildman–Crippen MR) is 78.1 cm³/mol. The van der Waals surface area contributed by atoms with E-state index in [1.165, 1.54) is 11.1 Å². The first-order valence-corrected chi connectivity index (χ1v) is 7.10. The van der Waals surface area contributed by atoms with Gasteiger partial charge in [0.2, 0.25) is 11.8 Å². The Bertz CT molecular complexity index is 519. The van der Waals surface area contributed by atoms with Gasteiger partial charge in [-0.15, -0.1) is 0 Å². The molecule has 1 fully saturated rings. The van der Waals surface area contributed by atoms with Gasteiger partial charge in [0, 0.05) is 6.54 Å². The van der Waals surface area contributed by atoms with E-state index >= 15 is 0 Å². The van der Waals surface area contributed by atoms with Crippen molar-refractivity contribution in [3.8, 4) is 0 Å². The second-order valence-electron chi connectivity index (χ2n) is 5.62. The van der Waals surface area contributed by atoms with Crippen LogP contribution in [-0.2, 0) is 16.1 Å². The molecule has 0 aliphatic carbocycles. The van der Waals surface area contributed by atoms with Crippen molar-refractivity contribution in [1.82, 2.24) is 10.2 Å². The van der Waals surface area contributed by atoms with Gasteiger partial charge in [0.25, 0.3) is 0 Å². The Kier molecular flexibility index (Phi) is 4.12. The normalized spacial score (nSPS) is 22.9. The number of nitrogens with zero attached hydrogens (tertiary/aromatic N) is 1. The minimum atomic E-state index is -0.434. The van der Waals surface area contributed by atoms with Crippen LogP contribution in [0.25, 0.3) is 0 Å². The number of carbonyl (C=O) groups is 2. The number of benzene rings is 1. The highest BCUT2D eigenvalue weighted by molar-refractivity contribution is 5.96. The minimum Gasteiger partial charge on any atom is -0.343 e. The summed E-state index contributed by atoms with van der Waals surface area (Å²) in [5.41, 5.74) is 3.43. The van der Waals surface area contributed by atoms with Crippen LogP contribution in [0, 0.1) is 13.8 Å². The first-order chi connectivity index (χ1) is 9.42. The number of rotatable bonds is 3. The molecule has 2 amide bonds. The number of amides is 2. The van der Waals surface area contributed by atoms with E-state index in [0.29, 0.717) is 13.0 Å². The number of aryl methyl sites for hydroxylation is 2. The molecule has 1 N–H and O–H groups in total. The fourth-order valence-electron chi connectivity index (χ4n) is 2.87. The van der Waals surface area contributed by atoms with Crippen LogP contribution in [-0.4, -0.2) is 28.8 Å². The Morgan fingerprint density at radius 2 is 1.75 bits per heavy atom. The van der Waals surface area contributed by atoms with Crippen molar-refractivity contribution < 1.29 is 9.59 Å². The van der Waals surface area contributed by atoms with E-state index in [1.54, 1.807) is 11.8 Å². The molecule has 0 spiro atoms. The summed E-state index contributed by atoms with van der Waals surface area (Å²) < 4.78 is 0. The molecule has 2 unspecified atom stereocenters. The number of nitrogens with one attached hydrogen (secondary N) is 1. The third kappa shape index (κ3) is 2.84. The molecule has 2 rings (SSSR count). The molecule has 1 aromatic rings. The van der Waals surface area contributed by atoms with Gasteiger partial charge in [0.05, 0.1) is 0 Å². The van der Waals surface area contributed by atoms with Crippen molar-refractivity contribution in [3.05, 3.63) is 34.9 Å². The molecule has 108 valence electrons. The van der Waals surface area contributed by atoms with Crippen LogP contribution in [0.4, 0.5) is 0 Å².